The summed E-state index contributed by atoms with van der Waals surface area (Å²) < 4.78 is 28.4. The van der Waals surface area contributed by atoms with Gasteiger partial charge in [0, 0.05) is 23.4 Å². The van der Waals surface area contributed by atoms with Gasteiger partial charge in [-0.05, 0) is 23.8 Å². The molecule has 2 aromatic rings. The molecule has 1 aromatic heterocycles. The number of carbonyl (C=O) groups is 3. The molecule has 31 heavy (non-hydrogen) atoms. The molecule has 1 aromatic carbocycles. The van der Waals surface area contributed by atoms with Gasteiger partial charge in [-0.3, -0.25) is 4.79 Å². The molecule has 2 heterocycles. The molecule has 10 heteroatoms. The number of anilines is 1. The van der Waals surface area contributed by atoms with Gasteiger partial charge < -0.3 is 5.32 Å². The highest BCUT2D eigenvalue weighted by Crippen LogP contribution is 2.29. The zero-order chi connectivity index (χ0) is 22.3. The van der Waals surface area contributed by atoms with E-state index in [1.807, 2.05) is 0 Å². The third-order valence-electron chi connectivity index (χ3n) is 5.10. The topological polar surface area (TPSA) is 82.4 Å². The molecule has 0 spiro atoms. The third-order valence-corrected chi connectivity index (χ3v) is 5.86. The largest absolute Gasteiger partial charge is 0.500 e. The van der Waals surface area contributed by atoms with Crippen molar-refractivity contribution in [1.82, 2.24) is 9.88 Å². The fourth-order valence-electron chi connectivity index (χ4n) is 3.53. The minimum Gasteiger partial charge on any atom is -0.302 e. The molecule has 0 bridgehead atoms. The summed E-state index contributed by atoms with van der Waals surface area (Å²) in [6, 6.07) is 2.75. The predicted molar refractivity (Wildman–Crippen MR) is 111 cm³/mol. The predicted octanol–water partition coefficient (Wildman–Crippen LogP) is 3.20. The van der Waals surface area contributed by atoms with Crippen molar-refractivity contribution in [3.05, 3.63) is 59.0 Å². The molecule has 1 aliphatic carbocycles. The van der Waals surface area contributed by atoms with E-state index >= 15 is 0 Å². The van der Waals surface area contributed by atoms with Crippen LogP contribution in [0.1, 0.15) is 6.42 Å². The van der Waals surface area contributed by atoms with Crippen LogP contribution in [0.2, 0.25) is 0 Å². The first-order valence-electron chi connectivity index (χ1n) is 9.26. The molecule has 0 saturated carbocycles. The highest BCUT2D eigenvalue weighted by molar-refractivity contribution is 7.14. The first-order chi connectivity index (χ1) is 14.8. The summed E-state index contributed by atoms with van der Waals surface area (Å²) in [5, 5.41) is 4.45. The van der Waals surface area contributed by atoms with Gasteiger partial charge in [0.25, 0.3) is 0 Å². The number of allylic oxidation sites excluding steroid dienone is 3. The molecule has 158 valence electrons. The van der Waals surface area contributed by atoms with Gasteiger partial charge >= 0.3 is 11.9 Å². The van der Waals surface area contributed by atoms with E-state index in [0.29, 0.717) is 11.3 Å². The van der Waals surface area contributed by atoms with Crippen molar-refractivity contribution in [2.24, 2.45) is 5.92 Å². The van der Waals surface area contributed by atoms with Crippen molar-refractivity contribution in [2.75, 3.05) is 19.4 Å². The van der Waals surface area contributed by atoms with Crippen LogP contribution in [-0.4, -0.2) is 52.1 Å². The van der Waals surface area contributed by atoms with Gasteiger partial charge in [0.2, 0.25) is 5.91 Å². The molecular formula is C21H17F2N4O3S+. The average Bonchev–Trinajstić information content (AvgIpc) is 3.18. The van der Waals surface area contributed by atoms with E-state index in [2.05, 4.69) is 10.3 Å². The summed E-state index contributed by atoms with van der Waals surface area (Å²) in [6.07, 6.45) is 4.97. The Labute approximate surface area is 180 Å². The van der Waals surface area contributed by atoms with Gasteiger partial charge in [0.05, 0.1) is 19.8 Å². The van der Waals surface area contributed by atoms with E-state index < -0.39 is 35.4 Å². The van der Waals surface area contributed by atoms with Crippen LogP contribution < -0.4 is 5.32 Å². The van der Waals surface area contributed by atoms with E-state index in [1.54, 1.807) is 30.7 Å². The van der Waals surface area contributed by atoms with Crippen molar-refractivity contribution in [2.45, 2.75) is 6.42 Å². The fraction of sp³-hybridized carbons (Fsp3) is 0.190. The quantitative estimate of drug-likeness (QED) is 0.736. The number of halogens is 2. The van der Waals surface area contributed by atoms with Crippen LogP contribution >= 0.6 is 11.3 Å². The number of nitrogens with one attached hydrogen (secondary N) is 1. The van der Waals surface area contributed by atoms with Crippen LogP contribution in [0.3, 0.4) is 0 Å². The van der Waals surface area contributed by atoms with Crippen molar-refractivity contribution < 1.29 is 27.7 Å². The summed E-state index contributed by atoms with van der Waals surface area (Å²) in [7, 11) is 2.98. The number of thiazole rings is 1. The smallest absolute Gasteiger partial charge is 0.302 e. The number of aromatic nitrogens is 1. The molecule has 1 N–H and O–H groups in total. The second-order valence-electron chi connectivity index (χ2n) is 7.08. The molecule has 0 saturated heterocycles. The fourth-order valence-corrected chi connectivity index (χ4v) is 4.26. The highest BCUT2D eigenvalue weighted by atomic mass is 32.1. The normalized spacial score (nSPS) is 18.3. The Morgan fingerprint density at radius 3 is 2.84 bits per heavy atom. The number of fused-ring (bicyclic) bond motifs is 1. The van der Waals surface area contributed by atoms with Crippen LogP contribution in [0.25, 0.3) is 11.3 Å². The second-order valence-corrected chi connectivity index (χ2v) is 7.94. The summed E-state index contributed by atoms with van der Waals surface area (Å²) >= 11 is 1.10. The van der Waals surface area contributed by atoms with Crippen molar-refractivity contribution in [1.29, 1.82) is 0 Å². The molecule has 7 nitrogen and oxygen atoms in total. The van der Waals surface area contributed by atoms with E-state index in [4.69, 9.17) is 0 Å². The minimum absolute atomic E-state index is 0.0834. The van der Waals surface area contributed by atoms with E-state index in [-0.39, 0.29) is 22.8 Å². The Morgan fingerprint density at radius 1 is 1.32 bits per heavy atom. The maximum atomic E-state index is 14.0. The summed E-state index contributed by atoms with van der Waals surface area (Å²) in [4.78, 5) is 42.6. The lowest BCUT2D eigenvalue weighted by molar-refractivity contribution is -0.405. The van der Waals surface area contributed by atoms with Gasteiger partial charge in [-0.25, -0.2) is 18.6 Å². The lowest BCUT2D eigenvalue weighted by Gasteiger charge is -2.27. The van der Waals surface area contributed by atoms with Crippen LogP contribution in [0.15, 0.2) is 47.4 Å². The number of benzene rings is 1. The number of hydrogen-bond donors (Lipinski definition) is 1. The Balaban J connectivity index is 1.50. The van der Waals surface area contributed by atoms with E-state index in [9.17, 15) is 23.2 Å². The monoisotopic (exact) mass is 443 g/mol. The second kappa shape index (κ2) is 7.95. The SMILES string of the molecule is CN1C(=O)C2C(CC(=O)Nc3nc(-c4ccc(F)cc4F)cs3)=CC=CC2=[N+](C)C1=O. The van der Waals surface area contributed by atoms with Crippen molar-refractivity contribution in [3.8, 4) is 11.3 Å². The lowest BCUT2D eigenvalue weighted by atomic mass is 9.85. The molecule has 1 atom stereocenters. The molecule has 4 amide bonds. The average molecular weight is 443 g/mol. The van der Waals surface area contributed by atoms with Gasteiger partial charge in [0.15, 0.2) is 5.13 Å². The first-order valence-corrected chi connectivity index (χ1v) is 10.1. The summed E-state index contributed by atoms with van der Waals surface area (Å²) in [6.45, 7) is 0. The number of imide groups is 1. The summed E-state index contributed by atoms with van der Waals surface area (Å²) in [5.74, 6) is -2.96. The Morgan fingerprint density at radius 2 is 2.10 bits per heavy atom. The van der Waals surface area contributed by atoms with Gasteiger partial charge in [-0.15, -0.1) is 11.3 Å². The van der Waals surface area contributed by atoms with Crippen LogP contribution in [0, 0.1) is 17.6 Å². The van der Waals surface area contributed by atoms with Crippen LogP contribution in [0.5, 0.6) is 0 Å². The molecule has 2 aliphatic rings. The van der Waals surface area contributed by atoms with Crippen LogP contribution in [-0.2, 0) is 9.59 Å². The van der Waals surface area contributed by atoms with E-state index in [1.165, 1.54) is 17.7 Å². The van der Waals surface area contributed by atoms with Gasteiger partial charge in [-0.2, -0.15) is 14.3 Å². The van der Waals surface area contributed by atoms with Crippen molar-refractivity contribution >= 4 is 40.0 Å². The Hall–Kier alpha value is -3.53. The number of carbonyl (C=O) groups excluding carboxylic acids is 3. The van der Waals surface area contributed by atoms with Crippen LogP contribution in [0.4, 0.5) is 18.7 Å². The first kappa shape index (κ1) is 20.7. The molecule has 0 fully saturated rings. The van der Waals surface area contributed by atoms with Gasteiger partial charge in [-0.1, -0.05) is 12.2 Å². The maximum absolute atomic E-state index is 14.0. The molecule has 1 unspecified atom stereocenters. The zero-order valence-corrected chi connectivity index (χ0v) is 17.4. The highest BCUT2D eigenvalue weighted by Gasteiger charge is 2.46. The maximum Gasteiger partial charge on any atom is 0.500 e. The summed E-state index contributed by atoms with van der Waals surface area (Å²) in [5.41, 5.74) is 1.47. The minimum atomic E-state index is -0.746. The third kappa shape index (κ3) is 3.81. The number of urea groups is 1. The Kier molecular flexibility index (Phi) is 5.32. The standard InChI is InChI=1S/C21H16F2N4O3S/c1-26-16-5-3-4-11(18(16)19(29)27(2)21(26)30)8-17(28)25-20-24-15(10-31-20)13-7-6-12(22)9-14(13)23/h3-7,9-10,18H,8H2,1-2H3/p+1. The number of rotatable bonds is 4. The Bertz CT molecular complexity index is 1210. The lowest BCUT2D eigenvalue weighted by Crippen LogP contribution is -2.52. The number of nitrogens with zero attached hydrogens (tertiary/aromatic N) is 3. The number of hydrogen-bond acceptors (Lipinski definition) is 5. The van der Waals surface area contributed by atoms with Gasteiger partial charge in [0.1, 0.15) is 23.3 Å². The molecule has 0 radical (unpaired) electrons. The molecule has 1 aliphatic heterocycles. The zero-order valence-electron chi connectivity index (χ0n) is 16.6. The van der Waals surface area contributed by atoms with E-state index in [0.717, 1.165) is 28.4 Å². The van der Waals surface area contributed by atoms with Crippen molar-refractivity contribution in [3.63, 3.8) is 0 Å². The molecular weight excluding hydrogens is 426 g/mol. The number of amides is 4. The molecule has 4 rings (SSSR count).